The fourth-order valence-electron chi connectivity index (χ4n) is 3.79. The van der Waals surface area contributed by atoms with Crippen LogP contribution in [-0.4, -0.2) is 52.2 Å². The summed E-state index contributed by atoms with van der Waals surface area (Å²) in [5.41, 5.74) is 0.668. The molecule has 4 heterocycles. The van der Waals surface area contributed by atoms with Gasteiger partial charge in [0.05, 0.1) is 18.1 Å². The molecule has 2 aliphatic heterocycles. The lowest BCUT2D eigenvalue weighted by molar-refractivity contribution is -0.115. The zero-order valence-electron chi connectivity index (χ0n) is 17.8. The Balaban J connectivity index is 1.31. The molecular weight excluding hydrogens is 430 g/mol. The average Bonchev–Trinajstić information content (AvgIpc) is 3.57. The van der Waals surface area contributed by atoms with Crippen LogP contribution in [0.2, 0.25) is 0 Å². The predicted molar refractivity (Wildman–Crippen MR) is 121 cm³/mol. The van der Waals surface area contributed by atoms with E-state index in [1.165, 1.54) is 11.8 Å². The highest BCUT2D eigenvalue weighted by Gasteiger charge is 2.25. The molecule has 0 radical (unpaired) electrons. The molecule has 10 heteroatoms. The molecule has 0 saturated carbocycles. The number of anilines is 2. The van der Waals surface area contributed by atoms with Crippen molar-refractivity contribution in [1.29, 1.82) is 0 Å². The summed E-state index contributed by atoms with van der Waals surface area (Å²) in [6, 6.07) is 9.21. The Morgan fingerprint density at radius 1 is 1.16 bits per heavy atom. The molecule has 1 amide bonds. The van der Waals surface area contributed by atoms with Crippen LogP contribution in [0.15, 0.2) is 46.2 Å². The quantitative estimate of drug-likeness (QED) is 0.542. The van der Waals surface area contributed by atoms with E-state index in [0.29, 0.717) is 42.1 Å². The zero-order chi connectivity index (χ0) is 21.9. The minimum absolute atomic E-state index is 0.123. The lowest BCUT2D eigenvalue weighted by atomic mass is 10.2. The van der Waals surface area contributed by atoms with E-state index in [4.69, 9.17) is 13.9 Å². The van der Waals surface area contributed by atoms with E-state index in [9.17, 15) is 4.79 Å². The average molecular weight is 456 g/mol. The van der Waals surface area contributed by atoms with Crippen LogP contribution in [0, 0.1) is 0 Å². The number of benzene rings is 1. The molecule has 0 unspecified atom stereocenters. The van der Waals surface area contributed by atoms with Gasteiger partial charge in [0.2, 0.25) is 11.9 Å². The van der Waals surface area contributed by atoms with Gasteiger partial charge >= 0.3 is 0 Å². The van der Waals surface area contributed by atoms with E-state index in [2.05, 4.69) is 20.4 Å². The van der Waals surface area contributed by atoms with Crippen LogP contribution in [-0.2, 0) is 11.3 Å². The Bertz CT molecular complexity index is 1080. The van der Waals surface area contributed by atoms with Gasteiger partial charge in [0.25, 0.3) is 0 Å². The number of aromatic nitrogens is 3. The molecule has 1 atom stereocenters. The summed E-state index contributed by atoms with van der Waals surface area (Å²) in [7, 11) is 0. The Kier molecular flexibility index (Phi) is 5.93. The molecule has 1 N–H and O–H groups in total. The van der Waals surface area contributed by atoms with Crippen LogP contribution in [0.4, 0.5) is 11.6 Å². The third-order valence-corrected chi connectivity index (χ3v) is 6.52. The fraction of sp³-hybridized carbons (Fsp3) is 0.409. The second-order valence-electron chi connectivity index (χ2n) is 7.75. The van der Waals surface area contributed by atoms with Crippen LogP contribution in [0.5, 0.6) is 11.5 Å². The molecule has 1 fully saturated rings. The van der Waals surface area contributed by atoms with Gasteiger partial charge in [0.15, 0.2) is 16.7 Å². The van der Waals surface area contributed by atoms with Crippen molar-refractivity contribution in [3.8, 4) is 11.5 Å². The summed E-state index contributed by atoms with van der Waals surface area (Å²) in [5, 5.41) is 12.1. The van der Waals surface area contributed by atoms with Gasteiger partial charge in [0, 0.05) is 24.8 Å². The van der Waals surface area contributed by atoms with Crippen LogP contribution in [0.3, 0.4) is 0 Å². The number of amides is 1. The van der Waals surface area contributed by atoms with Crippen molar-refractivity contribution in [2.24, 2.45) is 0 Å². The van der Waals surface area contributed by atoms with Crippen LogP contribution < -0.4 is 19.7 Å². The number of nitrogens with zero attached hydrogens (tertiary/aromatic N) is 4. The maximum absolute atomic E-state index is 12.9. The first-order chi connectivity index (χ1) is 15.7. The first-order valence-corrected chi connectivity index (χ1v) is 11.6. The van der Waals surface area contributed by atoms with Crippen molar-refractivity contribution < 1.29 is 18.7 Å². The van der Waals surface area contributed by atoms with Gasteiger partial charge in [-0.05, 0) is 44.0 Å². The van der Waals surface area contributed by atoms with E-state index >= 15 is 0 Å². The number of thioether (sulfide) groups is 1. The molecule has 2 aromatic heterocycles. The fourth-order valence-corrected chi connectivity index (χ4v) is 4.64. The van der Waals surface area contributed by atoms with Crippen LogP contribution in [0.1, 0.15) is 25.5 Å². The largest absolute Gasteiger partial charge is 0.486 e. The van der Waals surface area contributed by atoms with E-state index in [1.54, 1.807) is 12.3 Å². The van der Waals surface area contributed by atoms with E-state index in [-0.39, 0.29) is 11.2 Å². The lowest BCUT2D eigenvalue weighted by Gasteiger charge is -2.20. The summed E-state index contributed by atoms with van der Waals surface area (Å²) in [4.78, 5) is 15.1. The summed E-state index contributed by atoms with van der Waals surface area (Å²) in [6.07, 6.45) is 3.94. The lowest BCUT2D eigenvalue weighted by Crippen LogP contribution is -2.24. The molecule has 5 rings (SSSR count). The molecule has 3 aromatic rings. The van der Waals surface area contributed by atoms with E-state index in [1.807, 2.05) is 35.8 Å². The number of hydrogen-bond acceptors (Lipinski definition) is 8. The highest BCUT2D eigenvalue weighted by molar-refractivity contribution is 8.00. The maximum atomic E-state index is 12.9. The molecule has 9 nitrogen and oxygen atoms in total. The Morgan fingerprint density at radius 2 is 1.97 bits per heavy atom. The molecule has 1 saturated heterocycles. The van der Waals surface area contributed by atoms with E-state index in [0.717, 1.165) is 37.6 Å². The SMILES string of the molecule is C[C@@H](Sc1nnc(N2CCCC2)n1Cc1ccco1)C(=O)Nc1ccc2c(c1)OCCO2. The van der Waals surface area contributed by atoms with Crippen molar-refractivity contribution in [1.82, 2.24) is 14.8 Å². The van der Waals surface area contributed by atoms with Gasteiger partial charge in [-0.3, -0.25) is 9.36 Å². The van der Waals surface area contributed by atoms with Gasteiger partial charge in [-0.25, -0.2) is 0 Å². The molecule has 0 spiro atoms. The minimum Gasteiger partial charge on any atom is -0.486 e. The highest BCUT2D eigenvalue weighted by atomic mass is 32.2. The summed E-state index contributed by atoms with van der Waals surface area (Å²) < 4.78 is 18.7. The van der Waals surface area contributed by atoms with E-state index < -0.39 is 0 Å². The summed E-state index contributed by atoms with van der Waals surface area (Å²) >= 11 is 1.38. The van der Waals surface area contributed by atoms with Gasteiger partial charge < -0.3 is 24.1 Å². The second kappa shape index (κ2) is 9.15. The number of furan rings is 1. The van der Waals surface area contributed by atoms with Gasteiger partial charge in [-0.2, -0.15) is 0 Å². The standard InChI is InChI=1S/C22H25N5O4S/c1-15(20(28)23-16-6-7-18-19(13-16)31-12-11-30-18)32-22-25-24-21(26-8-2-3-9-26)27(22)14-17-5-4-10-29-17/h4-7,10,13,15H,2-3,8-9,11-12,14H2,1H3,(H,23,28)/t15-/m1/s1. The summed E-state index contributed by atoms with van der Waals surface area (Å²) in [5.74, 6) is 2.85. The Morgan fingerprint density at radius 3 is 2.75 bits per heavy atom. The van der Waals surface area contributed by atoms with Crippen molar-refractivity contribution in [3.05, 3.63) is 42.4 Å². The Labute approximate surface area is 190 Å². The minimum atomic E-state index is -0.380. The highest BCUT2D eigenvalue weighted by Crippen LogP contribution is 2.33. The predicted octanol–water partition coefficient (Wildman–Crippen LogP) is 3.41. The number of carbonyl (C=O) groups is 1. The first-order valence-electron chi connectivity index (χ1n) is 10.7. The van der Waals surface area contributed by atoms with Gasteiger partial charge in [0.1, 0.15) is 19.0 Å². The first kappa shape index (κ1) is 20.7. The zero-order valence-corrected chi connectivity index (χ0v) is 18.6. The second-order valence-corrected chi connectivity index (χ2v) is 9.06. The third kappa shape index (κ3) is 4.40. The van der Waals surface area contributed by atoms with Crippen LogP contribution >= 0.6 is 11.8 Å². The molecule has 168 valence electrons. The van der Waals surface area contributed by atoms with Crippen molar-refractivity contribution in [2.75, 3.05) is 36.5 Å². The summed E-state index contributed by atoms with van der Waals surface area (Å²) in [6.45, 7) is 5.33. The normalized spacial score (nSPS) is 16.2. The molecular formula is C22H25N5O4S. The topological polar surface area (TPSA) is 94.7 Å². The number of carbonyl (C=O) groups excluding carboxylic acids is 1. The number of rotatable bonds is 7. The number of nitrogens with one attached hydrogen (secondary N) is 1. The third-order valence-electron chi connectivity index (χ3n) is 5.44. The van der Waals surface area contributed by atoms with Crippen LogP contribution in [0.25, 0.3) is 0 Å². The number of fused-ring (bicyclic) bond motifs is 1. The molecule has 0 aliphatic carbocycles. The monoisotopic (exact) mass is 455 g/mol. The van der Waals surface area contributed by atoms with Crippen molar-refractivity contribution in [2.45, 2.75) is 36.7 Å². The number of hydrogen-bond donors (Lipinski definition) is 1. The van der Waals surface area contributed by atoms with Gasteiger partial charge in [-0.15, -0.1) is 10.2 Å². The smallest absolute Gasteiger partial charge is 0.237 e. The van der Waals surface area contributed by atoms with Crippen molar-refractivity contribution >= 4 is 29.3 Å². The maximum Gasteiger partial charge on any atom is 0.237 e. The van der Waals surface area contributed by atoms with Gasteiger partial charge in [-0.1, -0.05) is 11.8 Å². The molecule has 0 bridgehead atoms. The Hall–Kier alpha value is -3.14. The van der Waals surface area contributed by atoms with Crippen molar-refractivity contribution in [3.63, 3.8) is 0 Å². The number of ether oxygens (including phenoxy) is 2. The molecule has 32 heavy (non-hydrogen) atoms. The molecule has 2 aliphatic rings. The molecule has 1 aromatic carbocycles.